The first kappa shape index (κ1) is 16.5. The first-order chi connectivity index (χ1) is 11.4. The van der Waals surface area contributed by atoms with Crippen molar-refractivity contribution in [3.63, 3.8) is 0 Å². The lowest BCUT2D eigenvalue weighted by Gasteiger charge is -2.17. The Morgan fingerprint density at radius 2 is 1.96 bits per heavy atom. The van der Waals surface area contributed by atoms with Gasteiger partial charge in [-0.25, -0.2) is 4.98 Å². The van der Waals surface area contributed by atoms with Crippen LogP contribution in [0, 0.1) is 6.92 Å². The minimum absolute atomic E-state index is 0.675. The number of hydrogen-bond donors (Lipinski definition) is 1. The Hall–Kier alpha value is -2.33. The molecule has 0 saturated carbocycles. The summed E-state index contributed by atoms with van der Waals surface area (Å²) >= 11 is 0. The van der Waals surface area contributed by atoms with Crippen LogP contribution in [-0.4, -0.2) is 27.4 Å². The zero-order valence-corrected chi connectivity index (χ0v) is 14.7. The third kappa shape index (κ3) is 3.44. The Kier molecular flexibility index (Phi) is 4.33. The molecule has 0 atom stereocenters. The van der Waals surface area contributed by atoms with Crippen molar-refractivity contribution < 1.29 is 9.84 Å². The maximum atomic E-state index is 9.91. The predicted molar refractivity (Wildman–Crippen MR) is 97.4 cm³/mol. The van der Waals surface area contributed by atoms with Gasteiger partial charge in [-0.05, 0) is 56.5 Å². The summed E-state index contributed by atoms with van der Waals surface area (Å²) in [6.45, 7) is 6.45. The highest BCUT2D eigenvalue weighted by atomic mass is 16.5. The second-order valence-electron chi connectivity index (χ2n) is 6.91. The molecule has 0 spiro atoms. The lowest BCUT2D eigenvalue weighted by atomic mass is 10.0. The van der Waals surface area contributed by atoms with E-state index in [4.69, 9.17) is 4.74 Å². The van der Waals surface area contributed by atoms with Crippen LogP contribution in [0.5, 0.6) is 5.75 Å². The van der Waals surface area contributed by atoms with Crippen molar-refractivity contribution in [1.82, 2.24) is 9.55 Å². The molecule has 0 aliphatic heterocycles. The Morgan fingerprint density at radius 1 is 1.17 bits per heavy atom. The Balaban J connectivity index is 1.96. The van der Waals surface area contributed by atoms with Crippen molar-refractivity contribution in [3.05, 3.63) is 48.3 Å². The quantitative estimate of drug-likeness (QED) is 0.766. The van der Waals surface area contributed by atoms with Crippen LogP contribution in [-0.2, 0) is 6.54 Å². The van der Waals surface area contributed by atoms with Gasteiger partial charge in [0.25, 0.3) is 0 Å². The van der Waals surface area contributed by atoms with Gasteiger partial charge in [0.2, 0.25) is 0 Å². The third-order valence-corrected chi connectivity index (χ3v) is 4.25. The number of methoxy groups -OCH3 is 1. The Bertz CT molecular complexity index is 860. The summed E-state index contributed by atoms with van der Waals surface area (Å²) in [5, 5.41) is 9.91. The SMILES string of the molecule is COc1cc(C)ccc1-c1ccc2c(c1)ncn2CCC(C)(C)O. The van der Waals surface area contributed by atoms with Gasteiger partial charge in [-0.2, -0.15) is 0 Å². The maximum Gasteiger partial charge on any atom is 0.126 e. The topological polar surface area (TPSA) is 47.3 Å². The molecule has 4 nitrogen and oxygen atoms in total. The van der Waals surface area contributed by atoms with Gasteiger partial charge >= 0.3 is 0 Å². The van der Waals surface area contributed by atoms with Crippen molar-refractivity contribution in [2.45, 2.75) is 39.3 Å². The molecule has 126 valence electrons. The van der Waals surface area contributed by atoms with Gasteiger partial charge in [0, 0.05) is 12.1 Å². The van der Waals surface area contributed by atoms with E-state index in [9.17, 15) is 5.11 Å². The van der Waals surface area contributed by atoms with Crippen LogP contribution < -0.4 is 4.74 Å². The van der Waals surface area contributed by atoms with Crippen molar-refractivity contribution in [2.24, 2.45) is 0 Å². The Labute approximate surface area is 142 Å². The molecular weight excluding hydrogens is 300 g/mol. The lowest BCUT2D eigenvalue weighted by Crippen LogP contribution is -2.20. The van der Waals surface area contributed by atoms with E-state index in [0.29, 0.717) is 6.42 Å². The molecule has 0 fully saturated rings. The summed E-state index contributed by atoms with van der Waals surface area (Å²) in [6.07, 6.45) is 2.53. The monoisotopic (exact) mass is 324 g/mol. The highest BCUT2D eigenvalue weighted by Crippen LogP contribution is 2.32. The zero-order chi connectivity index (χ0) is 17.3. The largest absolute Gasteiger partial charge is 0.496 e. The lowest BCUT2D eigenvalue weighted by molar-refractivity contribution is 0.0665. The molecule has 0 radical (unpaired) electrons. The average Bonchev–Trinajstić information content (AvgIpc) is 2.94. The molecule has 0 unspecified atom stereocenters. The summed E-state index contributed by atoms with van der Waals surface area (Å²) in [6, 6.07) is 12.5. The molecular formula is C20H24N2O2. The van der Waals surface area contributed by atoms with Crippen LogP contribution in [0.3, 0.4) is 0 Å². The van der Waals surface area contributed by atoms with Gasteiger partial charge in [-0.3, -0.25) is 0 Å². The fourth-order valence-electron chi connectivity index (χ4n) is 2.84. The predicted octanol–water partition coefficient (Wildman–Crippen LogP) is 4.18. The van der Waals surface area contributed by atoms with E-state index in [-0.39, 0.29) is 0 Å². The summed E-state index contributed by atoms with van der Waals surface area (Å²) in [5.41, 5.74) is 4.68. The molecule has 2 aromatic carbocycles. The molecule has 0 bridgehead atoms. The highest BCUT2D eigenvalue weighted by Gasteiger charge is 2.14. The molecule has 0 amide bonds. The molecule has 0 aliphatic carbocycles. The molecule has 24 heavy (non-hydrogen) atoms. The van der Waals surface area contributed by atoms with Gasteiger partial charge in [0.1, 0.15) is 5.75 Å². The minimum atomic E-state index is -0.675. The van der Waals surface area contributed by atoms with E-state index >= 15 is 0 Å². The number of aryl methyl sites for hydroxylation is 2. The second-order valence-corrected chi connectivity index (χ2v) is 6.91. The van der Waals surface area contributed by atoms with Gasteiger partial charge in [0.05, 0.1) is 30.1 Å². The van der Waals surface area contributed by atoms with Crippen LogP contribution in [0.4, 0.5) is 0 Å². The maximum absolute atomic E-state index is 9.91. The van der Waals surface area contributed by atoms with Gasteiger partial charge in [0.15, 0.2) is 0 Å². The van der Waals surface area contributed by atoms with Gasteiger partial charge in [-0.15, -0.1) is 0 Å². The fraction of sp³-hybridized carbons (Fsp3) is 0.350. The number of rotatable bonds is 5. The van der Waals surface area contributed by atoms with Crippen LogP contribution in [0.2, 0.25) is 0 Å². The number of hydrogen-bond acceptors (Lipinski definition) is 3. The molecule has 1 heterocycles. The van der Waals surface area contributed by atoms with Crippen LogP contribution in [0.15, 0.2) is 42.7 Å². The number of ether oxygens (including phenoxy) is 1. The third-order valence-electron chi connectivity index (χ3n) is 4.25. The summed E-state index contributed by atoms with van der Waals surface area (Å²) in [4.78, 5) is 4.52. The first-order valence-electron chi connectivity index (χ1n) is 8.20. The first-order valence-corrected chi connectivity index (χ1v) is 8.20. The standard InChI is InChI=1S/C20H24N2O2/c1-14-5-7-16(19(11-14)24-4)15-6-8-18-17(12-15)21-13-22(18)10-9-20(2,3)23/h5-8,11-13,23H,9-10H2,1-4H3. The normalized spacial score (nSPS) is 11.9. The molecule has 0 saturated heterocycles. The molecule has 0 aliphatic rings. The van der Waals surface area contributed by atoms with Gasteiger partial charge in [-0.1, -0.05) is 18.2 Å². The zero-order valence-electron chi connectivity index (χ0n) is 14.7. The van der Waals surface area contributed by atoms with Crippen molar-refractivity contribution >= 4 is 11.0 Å². The summed E-state index contributed by atoms with van der Waals surface area (Å²) in [7, 11) is 1.70. The van der Waals surface area contributed by atoms with E-state index < -0.39 is 5.60 Å². The molecule has 3 rings (SSSR count). The van der Waals surface area contributed by atoms with Crippen LogP contribution >= 0.6 is 0 Å². The van der Waals surface area contributed by atoms with Crippen LogP contribution in [0.1, 0.15) is 25.8 Å². The number of nitrogens with zero attached hydrogens (tertiary/aromatic N) is 2. The van der Waals surface area contributed by atoms with Crippen molar-refractivity contribution in [3.8, 4) is 16.9 Å². The highest BCUT2D eigenvalue weighted by molar-refractivity contribution is 5.83. The minimum Gasteiger partial charge on any atom is -0.496 e. The van der Waals surface area contributed by atoms with E-state index in [1.165, 1.54) is 5.56 Å². The number of imidazole rings is 1. The molecule has 4 heteroatoms. The summed E-state index contributed by atoms with van der Waals surface area (Å²) < 4.78 is 7.61. The van der Waals surface area contributed by atoms with E-state index in [1.54, 1.807) is 7.11 Å². The second kappa shape index (κ2) is 6.29. The van der Waals surface area contributed by atoms with E-state index in [2.05, 4.69) is 46.8 Å². The smallest absolute Gasteiger partial charge is 0.126 e. The average molecular weight is 324 g/mol. The van der Waals surface area contributed by atoms with Crippen LogP contribution in [0.25, 0.3) is 22.2 Å². The van der Waals surface area contributed by atoms with Gasteiger partial charge < -0.3 is 14.4 Å². The number of fused-ring (bicyclic) bond motifs is 1. The Morgan fingerprint density at radius 3 is 2.67 bits per heavy atom. The van der Waals surface area contributed by atoms with Crippen molar-refractivity contribution in [1.29, 1.82) is 0 Å². The molecule has 3 aromatic rings. The summed E-state index contributed by atoms with van der Waals surface area (Å²) in [5.74, 6) is 0.871. The van der Waals surface area contributed by atoms with E-state index in [0.717, 1.165) is 34.5 Å². The fourth-order valence-corrected chi connectivity index (χ4v) is 2.84. The molecule has 1 N–H and O–H groups in total. The van der Waals surface area contributed by atoms with Crippen molar-refractivity contribution in [2.75, 3.05) is 7.11 Å². The number of benzene rings is 2. The number of aromatic nitrogens is 2. The molecule has 1 aromatic heterocycles. The number of aliphatic hydroxyl groups is 1. The van der Waals surface area contributed by atoms with E-state index in [1.807, 2.05) is 26.2 Å².